The number of aliphatic hydroxyl groups is 1. The molecule has 0 aliphatic heterocycles. The van der Waals surface area contributed by atoms with E-state index in [-0.39, 0.29) is 5.57 Å². The molecule has 0 aromatic rings. The van der Waals surface area contributed by atoms with Crippen molar-refractivity contribution >= 4 is 17.7 Å². The van der Waals surface area contributed by atoms with Gasteiger partial charge >= 0.3 is 11.9 Å². The van der Waals surface area contributed by atoms with Crippen LogP contribution in [0.1, 0.15) is 33.6 Å². The minimum Gasteiger partial charge on any atom is -0.478 e. The summed E-state index contributed by atoms with van der Waals surface area (Å²) in [6, 6.07) is 0. The molecule has 4 aliphatic carbocycles. The van der Waals surface area contributed by atoms with Gasteiger partial charge in [0.2, 0.25) is 0 Å². The fourth-order valence-corrected chi connectivity index (χ4v) is 5.43. The van der Waals surface area contributed by atoms with E-state index in [1.54, 1.807) is 13.0 Å². The number of allylic oxidation sites excluding steroid dienone is 3. The summed E-state index contributed by atoms with van der Waals surface area (Å²) in [6.45, 7) is 4.96. The van der Waals surface area contributed by atoms with E-state index in [2.05, 4.69) is 0 Å². The Morgan fingerprint density at radius 1 is 1.17 bits per heavy atom. The van der Waals surface area contributed by atoms with Gasteiger partial charge in [0.15, 0.2) is 5.78 Å². The van der Waals surface area contributed by atoms with Crippen LogP contribution in [-0.2, 0) is 14.4 Å². The zero-order chi connectivity index (χ0) is 17.8. The predicted molar refractivity (Wildman–Crippen MR) is 82.0 cm³/mol. The lowest BCUT2D eigenvalue weighted by Gasteiger charge is -2.45. The van der Waals surface area contributed by atoms with Gasteiger partial charge in [0.05, 0.1) is 11.1 Å². The van der Waals surface area contributed by atoms with E-state index in [1.165, 1.54) is 6.92 Å². The molecule has 1 spiro atoms. The highest BCUT2D eigenvalue weighted by atomic mass is 16.4. The molecule has 0 heterocycles. The molecule has 6 heteroatoms. The van der Waals surface area contributed by atoms with Crippen LogP contribution in [0.5, 0.6) is 0 Å². The van der Waals surface area contributed by atoms with Crippen LogP contribution in [0.25, 0.3) is 0 Å². The molecule has 2 unspecified atom stereocenters. The summed E-state index contributed by atoms with van der Waals surface area (Å²) >= 11 is 0. The van der Waals surface area contributed by atoms with Crippen molar-refractivity contribution in [2.75, 3.05) is 0 Å². The van der Waals surface area contributed by atoms with Gasteiger partial charge in [0.1, 0.15) is 11.0 Å². The average Bonchev–Trinajstić information content (AvgIpc) is 3.16. The normalized spacial score (nSPS) is 38.6. The Morgan fingerprint density at radius 2 is 1.75 bits per heavy atom. The van der Waals surface area contributed by atoms with Crippen molar-refractivity contribution in [3.05, 3.63) is 33.9 Å². The lowest BCUT2D eigenvalue weighted by atomic mass is 9.58. The van der Waals surface area contributed by atoms with Crippen molar-refractivity contribution in [3.63, 3.8) is 0 Å². The third-order valence-electron chi connectivity index (χ3n) is 6.61. The van der Waals surface area contributed by atoms with Gasteiger partial charge in [-0.05, 0) is 39.2 Å². The third-order valence-corrected chi connectivity index (χ3v) is 6.61. The Bertz CT molecular complexity index is 849. The number of rotatable bonds is 2. The van der Waals surface area contributed by atoms with E-state index >= 15 is 0 Å². The summed E-state index contributed by atoms with van der Waals surface area (Å²) in [4.78, 5) is 37.0. The van der Waals surface area contributed by atoms with Crippen molar-refractivity contribution in [2.24, 2.45) is 16.7 Å². The molecule has 1 fully saturated rings. The number of carboxylic acid groups (broad SMARTS) is 2. The second-order valence-corrected chi connectivity index (χ2v) is 7.55. The fraction of sp³-hybridized carbons (Fsp3) is 0.500. The Balaban J connectivity index is 2.14. The van der Waals surface area contributed by atoms with E-state index in [0.717, 1.165) is 5.57 Å². The summed E-state index contributed by atoms with van der Waals surface area (Å²) in [5.74, 6) is -4.04. The average molecular weight is 330 g/mol. The number of aliphatic carboxylic acids is 2. The molecule has 1 saturated carbocycles. The molecule has 0 saturated heterocycles. The Kier molecular flexibility index (Phi) is 2.48. The maximum atomic E-state index is 13.3. The van der Waals surface area contributed by atoms with Crippen LogP contribution in [0.3, 0.4) is 0 Å². The number of carbonyl (C=O) groups excluding carboxylic acids is 1. The smallest absolute Gasteiger partial charge is 0.333 e. The van der Waals surface area contributed by atoms with Gasteiger partial charge in [-0.25, -0.2) is 9.59 Å². The number of hydrogen-bond donors (Lipinski definition) is 3. The number of Topliss-reactive ketones (excluding diaryl/α,β-unsaturated/α-hetero) is 1. The number of carbonyl (C=O) groups is 3. The molecule has 3 N–H and O–H groups in total. The second kappa shape index (κ2) is 3.88. The summed E-state index contributed by atoms with van der Waals surface area (Å²) < 4.78 is 0. The first-order chi connectivity index (χ1) is 11.0. The van der Waals surface area contributed by atoms with E-state index < -0.39 is 45.6 Å². The van der Waals surface area contributed by atoms with Gasteiger partial charge in [-0.15, -0.1) is 0 Å². The summed E-state index contributed by atoms with van der Waals surface area (Å²) in [5.41, 5.74) is -2.68. The van der Waals surface area contributed by atoms with Crippen molar-refractivity contribution < 1.29 is 29.7 Å². The van der Waals surface area contributed by atoms with Crippen LogP contribution in [0.15, 0.2) is 33.9 Å². The molecule has 6 nitrogen and oxygen atoms in total. The summed E-state index contributed by atoms with van der Waals surface area (Å²) in [6.07, 6.45) is 2.85. The molecule has 4 rings (SSSR count). The van der Waals surface area contributed by atoms with E-state index in [1.807, 2.05) is 6.92 Å². The van der Waals surface area contributed by atoms with Crippen LogP contribution in [0, 0.1) is 16.7 Å². The summed E-state index contributed by atoms with van der Waals surface area (Å²) in [7, 11) is 0. The minimum absolute atomic E-state index is 0.237. The van der Waals surface area contributed by atoms with Gasteiger partial charge in [-0.1, -0.05) is 17.2 Å². The van der Waals surface area contributed by atoms with Crippen LogP contribution in [0.4, 0.5) is 0 Å². The van der Waals surface area contributed by atoms with Gasteiger partial charge in [-0.2, -0.15) is 0 Å². The molecule has 4 aliphatic rings. The molecule has 0 amide bonds. The molecule has 2 bridgehead atoms. The maximum Gasteiger partial charge on any atom is 0.333 e. The number of hydrogen-bond acceptors (Lipinski definition) is 4. The molecular formula is C18H18O6. The summed E-state index contributed by atoms with van der Waals surface area (Å²) in [5, 5.41) is 30.3. The Morgan fingerprint density at radius 3 is 2.21 bits per heavy atom. The molecule has 0 radical (unpaired) electrons. The van der Waals surface area contributed by atoms with Crippen molar-refractivity contribution in [1.82, 2.24) is 0 Å². The van der Waals surface area contributed by atoms with Gasteiger partial charge in [0, 0.05) is 11.3 Å². The minimum atomic E-state index is -1.71. The van der Waals surface area contributed by atoms with Crippen LogP contribution < -0.4 is 0 Å². The first-order valence-electron chi connectivity index (χ1n) is 7.93. The highest BCUT2D eigenvalue weighted by Crippen LogP contribution is 2.72. The SMILES string of the molecule is CC1=CC23C(=O)[C@](C)(O)C4(CC4)C(C)=C2C1C(C(=O)O)=C3C(=O)O. The monoisotopic (exact) mass is 330 g/mol. The highest BCUT2D eigenvalue weighted by molar-refractivity contribution is 6.16. The van der Waals surface area contributed by atoms with Gasteiger partial charge in [0.25, 0.3) is 0 Å². The molecule has 0 aromatic carbocycles. The third kappa shape index (κ3) is 1.25. The van der Waals surface area contributed by atoms with E-state index in [4.69, 9.17) is 0 Å². The standard InChI is InChI=1S/C18H18O6/c1-7-6-18-11(9(7)10(13(19)20)12(18)14(21)22)8(2)17(4-5-17)16(3,24)15(18)23/h6,9,24H,4-5H2,1-3H3,(H,19,20)(H,21,22)/t9?,16-,18?/m0/s1. The lowest BCUT2D eigenvalue weighted by molar-refractivity contribution is -0.150. The Labute approximate surface area is 138 Å². The highest BCUT2D eigenvalue weighted by Gasteiger charge is 2.74. The first kappa shape index (κ1) is 15.3. The van der Waals surface area contributed by atoms with E-state index in [9.17, 15) is 29.7 Å². The Hall–Kier alpha value is -2.21. The molecule has 126 valence electrons. The van der Waals surface area contributed by atoms with Crippen LogP contribution in [-0.4, -0.2) is 38.6 Å². The van der Waals surface area contributed by atoms with Crippen molar-refractivity contribution in [3.8, 4) is 0 Å². The van der Waals surface area contributed by atoms with Crippen molar-refractivity contribution in [1.29, 1.82) is 0 Å². The molecule has 24 heavy (non-hydrogen) atoms. The molecular weight excluding hydrogens is 312 g/mol. The van der Waals surface area contributed by atoms with E-state index in [0.29, 0.717) is 24.0 Å². The number of carboxylic acids is 2. The zero-order valence-corrected chi connectivity index (χ0v) is 13.6. The fourth-order valence-electron chi connectivity index (χ4n) is 5.43. The van der Waals surface area contributed by atoms with Crippen LogP contribution >= 0.6 is 0 Å². The largest absolute Gasteiger partial charge is 0.478 e. The molecule has 0 aromatic heterocycles. The predicted octanol–water partition coefficient (Wildman–Crippen LogP) is 1.46. The lowest BCUT2D eigenvalue weighted by Crippen LogP contribution is -2.57. The number of ketones is 1. The topological polar surface area (TPSA) is 112 Å². The van der Waals surface area contributed by atoms with Gasteiger partial charge in [-0.3, -0.25) is 4.79 Å². The quantitative estimate of drug-likeness (QED) is 0.661. The maximum absolute atomic E-state index is 13.3. The van der Waals surface area contributed by atoms with Crippen molar-refractivity contribution in [2.45, 2.75) is 39.2 Å². The molecule has 3 atom stereocenters. The van der Waals surface area contributed by atoms with Crippen LogP contribution in [0.2, 0.25) is 0 Å². The van der Waals surface area contributed by atoms with Gasteiger partial charge < -0.3 is 15.3 Å². The zero-order valence-electron chi connectivity index (χ0n) is 13.6. The second-order valence-electron chi connectivity index (χ2n) is 7.55. The first-order valence-corrected chi connectivity index (χ1v) is 7.93.